The molecule has 1 atom stereocenters. The van der Waals surface area contributed by atoms with E-state index in [0.717, 1.165) is 17.5 Å². The highest BCUT2D eigenvalue weighted by Gasteiger charge is 2.18. The summed E-state index contributed by atoms with van der Waals surface area (Å²) in [5.74, 6) is 1.74. The van der Waals surface area contributed by atoms with Crippen molar-refractivity contribution >= 4 is 17.7 Å². The van der Waals surface area contributed by atoms with Crippen LogP contribution >= 0.6 is 11.6 Å². The summed E-state index contributed by atoms with van der Waals surface area (Å²) in [6.07, 6.45) is 5.39. The number of nitrogens with zero attached hydrogens (tertiary/aromatic N) is 3. The van der Waals surface area contributed by atoms with Gasteiger partial charge in [-0.2, -0.15) is 9.97 Å². The smallest absolute Gasteiger partial charge is 0.208 e. The summed E-state index contributed by atoms with van der Waals surface area (Å²) in [5.41, 5.74) is 4.46. The minimum atomic E-state index is 0.218. The molecule has 0 saturated carbocycles. The van der Waals surface area contributed by atoms with E-state index >= 15 is 0 Å². The van der Waals surface area contributed by atoms with Crippen LogP contribution in [-0.4, -0.2) is 15.0 Å². The van der Waals surface area contributed by atoms with Gasteiger partial charge in [0.2, 0.25) is 5.28 Å². The Morgan fingerprint density at radius 3 is 2.54 bits per heavy atom. The number of allylic oxidation sites excluding steroid dienone is 1. The lowest BCUT2D eigenvalue weighted by atomic mass is 9.87. The minimum Gasteiger partial charge on any atom is -0.208 e. The van der Waals surface area contributed by atoms with Crippen molar-refractivity contribution in [3.63, 3.8) is 0 Å². The van der Waals surface area contributed by atoms with Crippen molar-refractivity contribution in [2.24, 2.45) is 5.92 Å². The summed E-state index contributed by atoms with van der Waals surface area (Å²) >= 11 is 6.19. The fourth-order valence-corrected chi connectivity index (χ4v) is 3.20. The molecule has 0 radical (unpaired) electrons. The highest BCUT2D eigenvalue weighted by molar-refractivity contribution is 6.28. The molecule has 4 heteroatoms. The third kappa shape index (κ3) is 2.83. The zero-order valence-electron chi connectivity index (χ0n) is 13.3. The quantitative estimate of drug-likeness (QED) is 0.657. The van der Waals surface area contributed by atoms with Crippen LogP contribution in [0.2, 0.25) is 5.28 Å². The molecule has 0 N–H and O–H groups in total. The molecule has 0 saturated heterocycles. The molecule has 4 rings (SSSR count). The Balaban J connectivity index is 1.87. The van der Waals surface area contributed by atoms with Crippen LogP contribution in [0, 0.1) is 5.92 Å². The van der Waals surface area contributed by atoms with Crippen LogP contribution in [0.25, 0.3) is 28.9 Å². The molecule has 2 aromatic carbocycles. The molecule has 1 aliphatic rings. The maximum atomic E-state index is 6.19. The minimum absolute atomic E-state index is 0.218. The van der Waals surface area contributed by atoms with E-state index in [1.165, 1.54) is 11.1 Å². The van der Waals surface area contributed by atoms with Crippen molar-refractivity contribution in [2.45, 2.75) is 13.3 Å². The normalized spacial score (nSPS) is 16.0. The molecule has 1 aliphatic carbocycles. The molecule has 1 aromatic heterocycles. The first-order valence-corrected chi connectivity index (χ1v) is 8.36. The zero-order chi connectivity index (χ0) is 16.5. The van der Waals surface area contributed by atoms with Gasteiger partial charge in [0.05, 0.1) is 0 Å². The summed E-state index contributed by atoms with van der Waals surface area (Å²) < 4.78 is 0. The first-order valence-electron chi connectivity index (χ1n) is 7.98. The van der Waals surface area contributed by atoms with Gasteiger partial charge >= 0.3 is 0 Å². The van der Waals surface area contributed by atoms with E-state index in [0.29, 0.717) is 17.6 Å². The fraction of sp³-hybridized carbons (Fsp3) is 0.150. The Morgan fingerprint density at radius 2 is 1.71 bits per heavy atom. The van der Waals surface area contributed by atoms with E-state index < -0.39 is 0 Å². The molecule has 3 aromatic rings. The zero-order valence-corrected chi connectivity index (χ0v) is 14.0. The van der Waals surface area contributed by atoms with Gasteiger partial charge < -0.3 is 0 Å². The molecule has 118 valence electrons. The summed E-state index contributed by atoms with van der Waals surface area (Å²) in [6.45, 7) is 2.21. The van der Waals surface area contributed by atoms with Crippen LogP contribution in [0.4, 0.5) is 0 Å². The number of benzene rings is 2. The molecular weight excluding hydrogens is 318 g/mol. The van der Waals surface area contributed by atoms with Crippen molar-refractivity contribution in [1.82, 2.24) is 15.0 Å². The Morgan fingerprint density at radius 1 is 0.917 bits per heavy atom. The Bertz CT molecular complexity index is 919. The Labute approximate surface area is 146 Å². The number of aromatic nitrogens is 3. The third-order valence-corrected chi connectivity index (χ3v) is 4.39. The summed E-state index contributed by atoms with van der Waals surface area (Å²) in [7, 11) is 0. The van der Waals surface area contributed by atoms with Crippen molar-refractivity contribution in [1.29, 1.82) is 0 Å². The lowest BCUT2D eigenvalue weighted by molar-refractivity contribution is 0.717. The van der Waals surface area contributed by atoms with Gasteiger partial charge in [-0.05, 0) is 35.1 Å². The van der Waals surface area contributed by atoms with Crippen LogP contribution < -0.4 is 0 Å². The van der Waals surface area contributed by atoms with Gasteiger partial charge in [0.25, 0.3) is 0 Å². The molecule has 0 aliphatic heterocycles. The topological polar surface area (TPSA) is 38.7 Å². The van der Waals surface area contributed by atoms with Crippen molar-refractivity contribution in [3.8, 4) is 22.8 Å². The lowest BCUT2D eigenvalue weighted by Crippen LogP contribution is -2.07. The molecule has 3 nitrogen and oxygen atoms in total. The van der Waals surface area contributed by atoms with E-state index in [1.807, 2.05) is 36.4 Å². The molecule has 0 fully saturated rings. The first-order chi connectivity index (χ1) is 11.7. The Kier molecular flexibility index (Phi) is 3.87. The van der Waals surface area contributed by atoms with E-state index in [2.05, 4.69) is 46.2 Å². The molecule has 24 heavy (non-hydrogen) atoms. The predicted molar refractivity (Wildman–Crippen MR) is 97.6 cm³/mol. The third-order valence-electron chi connectivity index (χ3n) is 4.22. The second-order valence-corrected chi connectivity index (χ2v) is 6.37. The van der Waals surface area contributed by atoms with Gasteiger partial charge in [0.15, 0.2) is 11.6 Å². The molecule has 0 spiro atoms. The predicted octanol–water partition coefficient (Wildman–Crippen LogP) is 5.06. The molecule has 0 amide bonds. The van der Waals surface area contributed by atoms with Crippen molar-refractivity contribution in [3.05, 3.63) is 71.0 Å². The van der Waals surface area contributed by atoms with E-state index in [1.54, 1.807) is 0 Å². The van der Waals surface area contributed by atoms with Crippen molar-refractivity contribution in [2.75, 3.05) is 0 Å². The maximum absolute atomic E-state index is 6.19. The lowest BCUT2D eigenvalue weighted by Gasteiger charge is -2.19. The summed E-state index contributed by atoms with van der Waals surface area (Å²) in [6, 6.07) is 16.1. The summed E-state index contributed by atoms with van der Waals surface area (Å²) in [5, 5.41) is 0.218. The average Bonchev–Trinajstić information content (AvgIpc) is 2.61. The summed E-state index contributed by atoms with van der Waals surface area (Å²) in [4.78, 5) is 13.3. The molecule has 0 bridgehead atoms. The van der Waals surface area contributed by atoms with Gasteiger partial charge in [-0.25, -0.2) is 4.98 Å². The highest BCUT2D eigenvalue weighted by Crippen LogP contribution is 2.31. The van der Waals surface area contributed by atoms with Gasteiger partial charge in [-0.15, -0.1) is 0 Å². The molecule has 1 heterocycles. The number of fused-ring (bicyclic) bond motifs is 1. The SMILES string of the molecule is CC1C=Cc2cccc(-c3nc(Cl)nc(-c4ccccc4)n3)c2C1. The number of halogens is 1. The first kappa shape index (κ1) is 15.0. The second kappa shape index (κ2) is 6.17. The van der Waals surface area contributed by atoms with Crippen LogP contribution in [0.1, 0.15) is 18.1 Å². The van der Waals surface area contributed by atoms with Crippen LogP contribution in [0.3, 0.4) is 0 Å². The van der Waals surface area contributed by atoms with Gasteiger partial charge in [-0.1, -0.05) is 67.6 Å². The average molecular weight is 334 g/mol. The van der Waals surface area contributed by atoms with Crippen molar-refractivity contribution < 1.29 is 0 Å². The number of rotatable bonds is 2. The molecular formula is C20H16ClN3. The van der Waals surface area contributed by atoms with Gasteiger partial charge in [-0.3, -0.25) is 0 Å². The molecule has 1 unspecified atom stereocenters. The highest BCUT2D eigenvalue weighted by atomic mass is 35.5. The van der Waals surface area contributed by atoms with E-state index in [-0.39, 0.29) is 5.28 Å². The van der Waals surface area contributed by atoms with E-state index in [9.17, 15) is 0 Å². The van der Waals surface area contributed by atoms with E-state index in [4.69, 9.17) is 11.6 Å². The fourth-order valence-electron chi connectivity index (χ4n) is 3.04. The van der Waals surface area contributed by atoms with Gasteiger partial charge in [0.1, 0.15) is 0 Å². The monoisotopic (exact) mass is 333 g/mol. The standard InChI is InChI=1S/C20H16ClN3/c1-13-10-11-14-8-5-9-16(17(14)12-13)19-22-18(23-20(21)24-19)15-6-3-2-4-7-15/h2-11,13H,12H2,1H3. The van der Waals surface area contributed by atoms with Crippen LogP contribution in [0.15, 0.2) is 54.6 Å². The number of hydrogen-bond acceptors (Lipinski definition) is 3. The van der Waals surface area contributed by atoms with Crippen LogP contribution in [0.5, 0.6) is 0 Å². The van der Waals surface area contributed by atoms with Gasteiger partial charge in [0, 0.05) is 11.1 Å². The van der Waals surface area contributed by atoms with Crippen LogP contribution in [-0.2, 0) is 6.42 Å². The Hall–Kier alpha value is -2.52. The number of hydrogen-bond donors (Lipinski definition) is 0. The largest absolute Gasteiger partial charge is 0.226 e. The second-order valence-electron chi connectivity index (χ2n) is 6.03. The maximum Gasteiger partial charge on any atom is 0.226 e.